The standard InChI is InChI=1S/C11H19NO2/c1-9-2-5-12(8-9)11(13)10-3-6-14-7-4-10/h9-10H,2-8H2,1H3. The Kier molecular flexibility index (Phi) is 3.06. The molecule has 0 radical (unpaired) electrons. The average molecular weight is 197 g/mol. The maximum Gasteiger partial charge on any atom is 0.225 e. The lowest BCUT2D eigenvalue weighted by Gasteiger charge is -2.26. The first-order valence-corrected chi connectivity index (χ1v) is 5.64. The molecule has 0 spiro atoms. The van der Waals surface area contributed by atoms with Gasteiger partial charge in [0, 0.05) is 32.2 Å². The fourth-order valence-corrected chi connectivity index (χ4v) is 2.34. The molecule has 0 saturated carbocycles. The van der Waals surface area contributed by atoms with Gasteiger partial charge in [-0.2, -0.15) is 0 Å². The van der Waals surface area contributed by atoms with Gasteiger partial charge in [-0.3, -0.25) is 4.79 Å². The minimum absolute atomic E-state index is 0.244. The maximum atomic E-state index is 12.0. The van der Waals surface area contributed by atoms with Crippen LogP contribution in [0.1, 0.15) is 26.2 Å². The Hall–Kier alpha value is -0.570. The lowest BCUT2D eigenvalue weighted by Crippen LogP contribution is -2.36. The highest BCUT2D eigenvalue weighted by molar-refractivity contribution is 5.79. The number of ether oxygens (including phenoxy) is 1. The fraction of sp³-hybridized carbons (Fsp3) is 0.909. The van der Waals surface area contributed by atoms with Crippen molar-refractivity contribution in [3.63, 3.8) is 0 Å². The second-order valence-electron chi connectivity index (χ2n) is 4.56. The number of hydrogen-bond acceptors (Lipinski definition) is 2. The molecule has 0 aromatic heterocycles. The Morgan fingerprint density at radius 2 is 2.00 bits per heavy atom. The molecule has 2 rings (SSSR count). The van der Waals surface area contributed by atoms with E-state index in [9.17, 15) is 4.79 Å². The van der Waals surface area contributed by atoms with Gasteiger partial charge in [-0.25, -0.2) is 0 Å². The van der Waals surface area contributed by atoms with E-state index in [4.69, 9.17) is 4.74 Å². The van der Waals surface area contributed by atoms with Crippen LogP contribution in [0.5, 0.6) is 0 Å². The minimum Gasteiger partial charge on any atom is -0.381 e. The molecule has 1 unspecified atom stereocenters. The van der Waals surface area contributed by atoms with Crippen molar-refractivity contribution in [3.05, 3.63) is 0 Å². The Balaban J connectivity index is 1.87. The Morgan fingerprint density at radius 1 is 1.29 bits per heavy atom. The Morgan fingerprint density at radius 3 is 2.57 bits per heavy atom. The normalized spacial score (nSPS) is 29.5. The van der Waals surface area contributed by atoms with Crippen LogP contribution >= 0.6 is 0 Å². The zero-order valence-electron chi connectivity index (χ0n) is 8.87. The van der Waals surface area contributed by atoms with Crippen molar-refractivity contribution in [2.24, 2.45) is 11.8 Å². The fourth-order valence-electron chi connectivity index (χ4n) is 2.34. The molecule has 14 heavy (non-hydrogen) atoms. The SMILES string of the molecule is CC1CCN(C(=O)C2CCOCC2)C1. The van der Waals surface area contributed by atoms with Gasteiger partial charge in [0.2, 0.25) is 5.91 Å². The predicted molar refractivity (Wildman–Crippen MR) is 53.9 cm³/mol. The van der Waals surface area contributed by atoms with Gasteiger partial charge in [-0.1, -0.05) is 6.92 Å². The molecule has 1 amide bonds. The van der Waals surface area contributed by atoms with E-state index in [1.165, 1.54) is 6.42 Å². The molecule has 2 heterocycles. The average Bonchev–Trinajstić information content (AvgIpc) is 2.65. The summed E-state index contributed by atoms with van der Waals surface area (Å²) >= 11 is 0. The van der Waals surface area contributed by atoms with E-state index in [1.54, 1.807) is 0 Å². The number of carbonyl (C=O) groups is 1. The van der Waals surface area contributed by atoms with Gasteiger partial charge in [0.25, 0.3) is 0 Å². The summed E-state index contributed by atoms with van der Waals surface area (Å²) in [7, 11) is 0. The largest absolute Gasteiger partial charge is 0.381 e. The van der Waals surface area contributed by atoms with E-state index in [-0.39, 0.29) is 5.92 Å². The first-order valence-electron chi connectivity index (χ1n) is 5.64. The minimum atomic E-state index is 0.244. The summed E-state index contributed by atoms with van der Waals surface area (Å²) in [4.78, 5) is 14.1. The summed E-state index contributed by atoms with van der Waals surface area (Å²) in [5.41, 5.74) is 0. The van der Waals surface area contributed by atoms with Crippen LogP contribution in [0.15, 0.2) is 0 Å². The molecule has 2 aliphatic heterocycles. The van der Waals surface area contributed by atoms with E-state index < -0.39 is 0 Å². The molecule has 2 saturated heterocycles. The highest BCUT2D eigenvalue weighted by Gasteiger charge is 2.29. The summed E-state index contributed by atoms with van der Waals surface area (Å²) < 4.78 is 5.26. The van der Waals surface area contributed by atoms with Crippen LogP contribution in [0, 0.1) is 11.8 Å². The quantitative estimate of drug-likeness (QED) is 0.633. The maximum absolute atomic E-state index is 12.0. The lowest BCUT2D eigenvalue weighted by atomic mass is 9.99. The zero-order chi connectivity index (χ0) is 9.97. The number of amides is 1. The highest BCUT2D eigenvalue weighted by Crippen LogP contribution is 2.22. The molecular weight excluding hydrogens is 178 g/mol. The third kappa shape index (κ3) is 2.08. The van der Waals surface area contributed by atoms with Crippen LogP contribution in [0.25, 0.3) is 0 Å². The predicted octanol–water partition coefficient (Wildman–Crippen LogP) is 1.28. The lowest BCUT2D eigenvalue weighted by molar-refractivity contribution is -0.137. The van der Waals surface area contributed by atoms with Gasteiger partial charge in [-0.15, -0.1) is 0 Å². The van der Waals surface area contributed by atoms with Crippen LogP contribution in [0.2, 0.25) is 0 Å². The molecule has 0 aromatic carbocycles. The van der Waals surface area contributed by atoms with E-state index in [0.29, 0.717) is 11.8 Å². The van der Waals surface area contributed by atoms with E-state index in [2.05, 4.69) is 6.92 Å². The summed E-state index contributed by atoms with van der Waals surface area (Å²) in [5.74, 6) is 1.31. The van der Waals surface area contributed by atoms with Crippen molar-refractivity contribution < 1.29 is 9.53 Å². The van der Waals surface area contributed by atoms with Crippen molar-refractivity contribution in [2.75, 3.05) is 26.3 Å². The van der Waals surface area contributed by atoms with Gasteiger partial charge in [-0.05, 0) is 25.2 Å². The smallest absolute Gasteiger partial charge is 0.225 e. The molecule has 3 nitrogen and oxygen atoms in total. The Bertz CT molecular complexity index is 205. The van der Waals surface area contributed by atoms with Crippen LogP contribution < -0.4 is 0 Å². The Labute approximate surface area is 85.4 Å². The zero-order valence-corrected chi connectivity index (χ0v) is 8.87. The molecular formula is C11H19NO2. The second kappa shape index (κ2) is 4.30. The van der Waals surface area contributed by atoms with Crippen molar-refractivity contribution in [3.8, 4) is 0 Å². The number of likely N-dealkylation sites (tertiary alicyclic amines) is 1. The van der Waals surface area contributed by atoms with Crippen LogP contribution in [0.4, 0.5) is 0 Å². The summed E-state index contributed by atoms with van der Waals surface area (Å²) in [6, 6.07) is 0. The second-order valence-corrected chi connectivity index (χ2v) is 4.56. The highest BCUT2D eigenvalue weighted by atomic mass is 16.5. The molecule has 1 atom stereocenters. The van der Waals surface area contributed by atoms with E-state index in [0.717, 1.165) is 39.1 Å². The van der Waals surface area contributed by atoms with Crippen molar-refractivity contribution >= 4 is 5.91 Å². The molecule has 2 aliphatic rings. The molecule has 0 N–H and O–H groups in total. The van der Waals surface area contributed by atoms with Crippen LogP contribution in [-0.4, -0.2) is 37.1 Å². The molecule has 3 heteroatoms. The number of rotatable bonds is 1. The first kappa shape index (κ1) is 9.97. The number of hydrogen-bond donors (Lipinski definition) is 0. The summed E-state index contributed by atoms with van der Waals surface area (Å²) in [5, 5.41) is 0. The van der Waals surface area contributed by atoms with E-state index in [1.807, 2.05) is 4.90 Å². The third-order valence-corrected chi connectivity index (χ3v) is 3.31. The molecule has 0 bridgehead atoms. The van der Waals surface area contributed by atoms with Crippen LogP contribution in [-0.2, 0) is 9.53 Å². The third-order valence-electron chi connectivity index (χ3n) is 3.31. The van der Waals surface area contributed by atoms with E-state index >= 15 is 0 Å². The van der Waals surface area contributed by atoms with Crippen molar-refractivity contribution in [1.82, 2.24) is 4.90 Å². The first-order chi connectivity index (χ1) is 6.77. The topological polar surface area (TPSA) is 29.5 Å². The van der Waals surface area contributed by atoms with Crippen molar-refractivity contribution in [2.45, 2.75) is 26.2 Å². The van der Waals surface area contributed by atoms with Gasteiger partial charge >= 0.3 is 0 Å². The van der Waals surface area contributed by atoms with Gasteiger partial charge in [0.1, 0.15) is 0 Å². The molecule has 2 fully saturated rings. The van der Waals surface area contributed by atoms with Crippen molar-refractivity contribution in [1.29, 1.82) is 0 Å². The van der Waals surface area contributed by atoms with Gasteiger partial charge in [0.15, 0.2) is 0 Å². The van der Waals surface area contributed by atoms with Gasteiger partial charge in [0.05, 0.1) is 0 Å². The molecule has 0 aromatic rings. The summed E-state index contributed by atoms with van der Waals surface area (Å²) in [6.07, 6.45) is 3.02. The van der Waals surface area contributed by atoms with Crippen LogP contribution in [0.3, 0.4) is 0 Å². The monoisotopic (exact) mass is 197 g/mol. The summed E-state index contributed by atoms with van der Waals surface area (Å²) in [6.45, 7) is 5.68. The number of nitrogens with zero attached hydrogens (tertiary/aromatic N) is 1. The molecule has 0 aliphatic carbocycles. The van der Waals surface area contributed by atoms with Gasteiger partial charge < -0.3 is 9.64 Å². The molecule has 80 valence electrons. The number of carbonyl (C=O) groups excluding carboxylic acids is 1.